The molecule has 0 radical (unpaired) electrons. The topological polar surface area (TPSA) is 138 Å². The molecule has 0 aliphatic heterocycles. The van der Waals surface area contributed by atoms with Crippen LogP contribution in [0.15, 0.2) is 88.8 Å². The van der Waals surface area contributed by atoms with Crippen molar-refractivity contribution in [2.75, 3.05) is 21.9 Å². The van der Waals surface area contributed by atoms with Crippen LogP contribution >= 0.6 is 0 Å². The first kappa shape index (κ1) is 27.6. The molecule has 0 unspecified atom stereocenters. The minimum absolute atomic E-state index is 0.0144. The molecule has 1 aromatic heterocycles. The van der Waals surface area contributed by atoms with Gasteiger partial charge in [-0.05, 0) is 50.2 Å². The van der Waals surface area contributed by atoms with E-state index in [-0.39, 0.29) is 34.3 Å². The van der Waals surface area contributed by atoms with E-state index in [1.807, 2.05) is 13.0 Å². The third-order valence-corrected chi connectivity index (χ3v) is 9.61. The van der Waals surface area contributed by atoms with Gasteiger partial charge in [-0.3, -0.25) is 9.10 Å². The molecule has 0 saturated heterocycles. The lowest BCUT2D eigenvalue weighted by Crippen LogP contribution is -2.35. The van der Waals surface area contributed by atoms with Crippen molar-refractivity contribution >= 4 is 48.8 Å². The molecule has 3 aromatic carbocycles. The number of benzene rings is 3. The van der Waals surface area contributed by atoms with Gasteiger partial charge < -0.3 is 4.74 Å². The SMILES string of the molecule is CCN(c1cnc(N(COC=O)S(=O)(=O)c2ccc(C)cc2)c2ccccc12)S(=O)(=O)c1ccc(C#N)cc1. The van der Waals surface area contributed by atoms with Crippen molar-refractivity contribution in [1.82, 2.24) is 4.98 Å². The van der Waals surface area contributed by atoms with Gasteiger partial charge >= 0.3 is 0 Å². The molecule has 1 heterocycles. The molecule has 200 valence electrons. The number of anilines is 2. The number of carbonyl (C=O) groups excluding carboxylic acids is 1. The van der Waals surface area contributed by atoms with E-state index in [9.17, 15) is 21.6 Å². The van der Waals surface area contributed by atoms with Gasteiger partial charge in [0.15, 0.2) is 12.5 Å². The number of aromatic nitrogens is 1. The van der Waals surface area contributed by atoms with Crippen LogP contribution in [0.4, 0.5) is 11.5 Å². The Hall–Kier alpha value is -4.47. The third-order valence-electron chi connectivity index (χ3n) is 5.99. The van der Waals surface area contributed by atoms with Gasteiger partial charge in [-0.15, -0.1) is 0 Å². The molecule has 0 amide bonds. The summed E-state index contributed by atoms with van der Waals surface area (Å²) >= 11 is 0. The predicted molar refractivity (Wildman–Crippen MR) is 146 cm³/mol. The van der Waals surface area contributed by atoms with Crippen molar-refractivity contribution < 1.29 is 26.4 Å². The number of pyridine rings is 1. The smallest absolute Gasteiger partial charge is 0.294 e. The Morgan fingerprint density at radius 3 is 2.00 bits per heavy atom. The monoisotopic (exact) mass is 564 g/mol. The normalized spacial score (nSPS) is 11.5. The fourth-order valence-corrected chi connectivity index (χ4v) is 6.82. The van der Waals surface area contributed by atoms with Crippen LogP contribution in [0.25, 0.3) is 10.8 Å². The second kappa shape index (κ2) is 11.1. The Kier molecular flexibility index (Phi) is 7.85. The van der Waals surface area contributed by atoms with Crippen molar-refractivity contribution in [3.63, 3.8) is 0 Å². The summed E-state index contributed by atoms with van der Waals surface area (Å²) < 4.78 is 61.3. The predicted octanol–water partition coefficient (Wildman–Crippen LogP) is 3.96. The first-order valence-corrected chi connectivity index (χ1v) is 14.6. The number of fused-ring (bicyclic) bond motifs is 1. The molecule has 0 bridgehead atoms. The Morgan fingerprint density at radius 1 is 0.872 bits per heavy atom. The molecule has 0 saturated carbocycles. The maximum Gasteiger partial charge on any atom is 0.294 e. The Balaban J connectivity index is 1.89. The molecule has 0 aliphatic rings. The molecule has 12 heteroatoms. The van der Waals surface area contributed by atoms with Gasteiger partial charge in [0.05, 0.1) is 33.3 Å². The lowest BCUT2D eigenvalue weighted by Gasteiger charge is -2.27. The molecule has 39 heavy (non-hydrogen) atoms. The summed E-state index contributed by atoms with van der Waals surface area (Å²) in [4.78, 5) is 15.4. The average Bonchev–Trinajstić information content (AvgIpc) is 2.94. The minimum atomic E-state index is -4.22. The zero-order valence-electron chi connectivity index (χ0n) is 21.1. The second-order valence-electron chi connectivity index (χ2n) is 8.38. The summed E-state index contributed by atoms with van der Waals surface area (Å²) in [5.41, 5.74) is 1.41. The second-order valence-corrected chi connectivity index (χ2v) is 12.1. The molecule has 0 N–H and O–H groups in total. The van der Waals surface area contributed by atoms with Gasteiger partial charge in [0.1, 0.15) is 0 Å². The van der Waals surface area contributed by atoms with Gasteiger partial charge in [0.25, 0.3) is 26.5 Å². The summed E-state index contributed by atoms with van der Waals surface area (Å²) in [5.74, 6) is -0.0383. The fraction of sp³-hybridized carbons (Fsp3) is 0.148. The molecular weight excluding hydrogens is 540 g/mol. The standard InChI is InChI=1S/C27H24N4O6S2/c1-3-30(38(33,34)23-14-10-21(16-28)11-15-23)26-17-29-27(25-7-5-4-6-24(25)26)31(18-37-19-32)39(35,36)22-12-8-20(2)9-13-22/h4-15,17,19H,3,18H2,1-2H3. The highest BCUT2D eigenvalue weighted by Gasteiger charge is 2.31. The van der Waals surface area contributed by atoms with Crippen molar-refractivity contribution in [1.29, 1.82) is 5.26 Å². The van der Waals surface area contributed by atoms with Crippen LogP contribution in [0.5, 0.6) is 0 Å². The van der Waals surface area contributed by atoms with E-state index < -0.39 is 26.8 Å². The van der Waals surface area contributed by atoms with Crippen LogP contribution in [0, 0.1) is 18.3 Å². The average molecular weight is 565 g/mol. The van der Waals surface area contributed by atoms with E-state index in [1.165, 1.54) is 42.6 Å². The van der Waals surface area contributed by atoms with E-state index in [4.69, 9.17) is 10.00 Å². The summed E-state index contributed by atoms with van der Waals surface area (Å²) in [5, 5.41) is 9.80. The number of nitrogens with zero attached hydrogens (tertiary/aromatic N) is 4. The van der Waals surface area contributed by atoms with Crippen molar-refractivity contribution in [3.8, 4) is 6.07 Å². The fourth-order valence-electron chi connectivity index (χ4n) is 4.04. The zero-order chi connectivity index (χ0) is 28.2. The van der Waals surface area contributed by atoms with Crippen LogP contribution in [-0.4, -0.2) is 41.6 Å². The Bertz CT molecular complexity index is 1770. The van der Waals surface area contributed by atoms with E-state index in [2.05, 4.69) is 4.98 Å². The van der Waals surface area contributed by atoms with Crippen LogP contribution in [0.1, 0.15) is 18.1 Å². The highest BCUT2D eigenvalue weighted by molar-refractivity contribution is 7.93. The quantitative estimate of drug-likeness (QED) is 0.208. The van der Waals surface area contributed by atoms with Crippen molar-refractivity contribution in [3.05, 3.63) is 90.1 Å². The number of hydrogen-bond donors (Lipinski definition) is 0. The van der Waals surface area contributed by atoms with E-state index in [0.29, 0.717) is 16.3 Å². The first-order valence-electron chi connectivity index (χ1n) is 11.7. The van der Waals surface area contributed by atoms with Gasteiger partial charge in [0, 0.05) is 17.3 Å². The number of hydrogen-bond acceptors (Lipinski definition) is 8. The summed E-state index contributed by atoms with van der Waals surface area (Å²) in [7, 11) is -8.28. The van der Waals surface area contributed by atoms with Crippen LogP contribution in [0.3, 0.4) is 0 Å². The van der Waals surface area contributed by atoms with Gasteiger partial charge in [0.2, 0.25) is 0 Å². The largest absolute Gasteiger partial charge is 0.445 e. The Morgan fingerprint density at radius 2 is 1.44 bits per heavy atom. The zero-order valence-corrected chi connectivity index (χ0v) is 22.7. The number of aryl methyl sites for hydroxylation is 1. The molecular formula is C27H24N4O6S2. The number of sulfonamides is 2. The van der Waals surface area contributed by atoms with Crippen LogP contribution in [-0.2, 0) is 29.6 Å². The third kappa shape index (κ3) is 5.27. The van der Waals surface area contributed by atoms with Gasteiger partial charge in [-0.25, -0.2) is 26.1 Å². The molecule has 0 fully saturated rings. The summed E-state index contributed by atoms with van der Waals surface area (Å²) in [6.07, 6.45) is 1.28. The molecule has 0 atom stereocenters. The Labute approximate surface area is 226 Å². The highest BCUT2D eigenvalue weighted by Crippen LogP contribution is 2.36. The molecule has 4 rings (SSSR count). The van der Waals surface area contributed by atoms with Crippen LogP contribution in [0.2, 0.25) is 0 Å². The summed E-state index contributed by atoms with van der Waals surface area (Å²) in [6, 6.07) is 20.3. The minimum Gasteiger partial charge on any atom is -0.445 e. The lowest BCUT2D eigenvalue weighted by atomic mass is 10.1. The molecule has 4 aromatic rings. The summed E-state index contributed by atoms with van der Waals surface area (Å²) in [6.45, 7) is 3.03. The maximum atomic E-state index is 13.6. The molecule has 0 aliphatic carbocycles. The highest BCUT2D eigenvalue weighted by atomic mass is 32.2. The first-order chi connectivity index (χ1) is 18.6. The van der Waals surface area contributed by atoms with E-state index in [0.717, 1.165) is 14.2 Å². The van der Waals surface area contributed by atoms with E-state index in [1.54, 1.807) is 43.3 Å². The molecule has 0 spiro atoms. The lowest BCUT2D eigenvalue weighted by molar-refractivity contribution is -0.128. The number of ether oxygens (including phenoxy) is 1. The van der Waals surface area contributed by atoms with Gasteiger partial charge in [-0.2, -0.15) is 5.26 Å². The van der Waals surface area contributed by atoms with E-state index >= 15 is 0 Å². The number of nitriles is 1. The van der Waals surface area contributed by atoms with Gasteiger partial charge in [-0.1, -0.05) is 42.0 Å². The molecule has 10 nitrogen and oxygen atoms in total. The number of rotatable bonds is 10. The number of carbonyl (C=O) groups is 1. The van der Waals surface area contributed by atoms with Crippen molar-refractivity contribution in [2.24, 2.45) is 0 Å². The van der Waals surface area contributed by atoms with Crippen molar-refractivity contribution in [2.45, 2.75) is 23.6 Å². The maximum absolute atomic E-state index is 13.6. The van der Waals surface area contributed by atoms with Crippen LogP contribution < -0.4 is 8.61 Å².